The molecule has 0 saturated heterocycles. The fourth-order valence-electron chi connectivity index (χ4n) is 5.23. The fourth-order valence-corrected chi connectivity index (χ4v) is 5.23. The van der Waals surface area contributed by atoms with Crippen molar-refractivity contribution in [1.29, 1.82) is 0 Å². The van der Waals surface area contributed by atoms with Crippen LogP contribution in [0.4, 0.5) is 0 Å². The van der Waals surface area contributed by atoms with E-state index in [1.807, 2.05) is 95.3 Å². The molecule has 0 aliphatic heterocycles. The lowest BCUT2D eigenvalue weighted by Gasteiger charge is -2.29. The van der Waals surface area contributed by atoms with E-state index in [-0.39, 0.29) is 29.6 Å². The number of hydrogen-bond acceptors (Lipinski definition) is 5. The van der Waals surface area contributed by atoms with E-state index in [9.17, 15) is 9.59 Å². The summed E-state index contributed by atoms with van der Waals surface area (Å²) in [6, 6.07) is 20.2. The van der Waals surface area contributed by atoms with Gasteiger partial charge in [-0.2, -0.15) is 0 Å². The van der Waals surface area contributed by atoms with Gasteiger partial charge in [-0.3, -0.25) is 9.59 Å². The van der Waals surface area contributed by atoms with E-state index in [1.54, 1.807) is 11.0 Å². The van der Waals surface area contributed by atoms with Gasteiger partial charge in [-0.1, -0.05) is 66.2 Å². The third-order valence-electron chi connectivity index (χ3n) is 7.04. The first-order chi connectivity index (χ1) is 18.6. The second-order valence-electron chi connectivity index (χ2n) is 11.6. The second-order valence-corrected chi connectivity index (χ2v) is 11.6. The summed E-state index contributed by atoms with van der Waals surface area (Å²) in [5.74, 6) is -0.379. The van der Waals surface area contributed by atoms with Gasteiger partial charge >= 0.3 is 5.97 Å². The van der Waals surface area contributed by atoms with Crippen LogP contribution in [0.15, 0.2) is 72.3 Å². The van der Waals surface area contributed by atoms with E-state index in [2.05, 4.69) is 0 Å². The summed E-state index contributed by atoms with van der Waals surface area (Å²) in [6.45, 7) is 12.8. The number of esters is 1. The summed E-state index contributed by atoms with van der Waals surface area (Å²) >= 11 is 0. The Labute approximate surface area is 234 Å². The van der Waals surface area contributed by atoms with Crippen LogP contribution in [0.5, 0.6) is 0 Å². The molecule has 3 rings (SSSR count). The molecule has 0 aromatic heterocycles. The number of carbonyl (C=O) groups excluding carboxylic acids is 2. The highest BCUT2D eigenvalue weighted by Crippen LogP contribution is 2.48. The van der Waals surface area contributed by atoms with Crippen molar-refractivity contribution in [2.75, 3.05) is 26.3 Å². The van der Waals surface area contributed by atoms with Crippen molar-refractivity contribution in [3.8, 4) is 0 Å². The van der Waals surface area contributed by atoms with Crippen molar-refractivity contribution in [3.05, 3.63) is 83.4 Å². The van der Waals surface area contributed by atoms with Crippen LogP contribution in [0, 0.1) is 11.3 Å². The number of carbonyl (C=O) groups is 2. The maximum Gasteiger partial charge on any atom is 0.306 e. The minimum atomic E-state index is -0.564. The van der Waals surface area contributed by atoms with E-state index >= 15 is 0 Å². The zero-order chi connectivity index (χ0) is 28.3. The van der Waals surface area contributed by atoms with Crippen LogP contribution in [-0.2, 0) is 37.0 Å². The first-order valence-corrected chi connectivity index (χ1v) is 14.1. The molecule has 1 unspecified atom stereocenters. The molecule has 39 heavy (non-hydrogen) atoms. The molecule has 0 heterocycles. The SMILES string of the molecule is CCN(CC)C(=O)/C=C1\CC(COCc2ccccc2)(COCc2ccccc2)CC1CC(=O)OC(C)(C)C. The van der Waals surface area contributed by atoms with Crippen LogP contribution >= 0.6 is 0 Å². The highest BCUT2D eigenvalue weighted by molar-refractivity contribution is 5.88. The van der Waals surface area contributed by atoms with E-state index in [0.717, 1.165) is 16.7 Å². The lowest BCUT2D eigenvalue weighted by molar-refractivity contribution is -0.155. The third kappa shape index (κ3) is 9.94. The third-order valence-corrected chi connectivity index (χ3v) is 7.04. The summed E-state index contributed by atoms with van der Waals surface area (Å²) in [5.41, 5.74) is 2.27. The quantitative estimate of drug-likeness (QED) is 0.221. The van der Waals surface area contributed by atoms with Crippen LogP contribution in [0.1, 0.15) is 65.0 Å². The van der Waals surface area contributed by atoms with Gasteiger partial charge in [-0.05, 0) is 64.5 Å². The number of rotatable bonds is 13. The Bertz CT molecular complexity index is 1020. The molecule has 6 heteroatoms. The summed E-state index contributed by atoms with van der Waals surface area (Å²) < 4.78 is 18.2. The van der Waals surface area contributed by atoms with Gasteiger partial charge in [-0.15, -0.1) is 0 Å². The van der Waals surface area contributed by atoms with Crippen LogP contribution in [0.3, 0.4) is 0 Å². The molecular weight excluding hydrogens is 490 g/mol. The molecule has 2 aromatic carbocycles. The van der Waals surface area contributed by atoms with Crippen LogP contribution in [0.2, 0.25) is 0 Å². The van der Waals surface area contributed by atoms with Gasteiger partial charge < -0.3 is 19.1 Å². The number of hydrogen-bond donors (Lipinski definition) is 0. The van der Waals surface area contributed by atoms with Crippen molar-refractivity contribution >= 4 is 11.9 Å². The average Bonchev–Trinajstić information content (AvgIpc) is 3.21. The monoisotopic (exact) mass is 535 g/mol. The number of benzene rings is 2. The minimum absolute atomic E-state index is 0.0182. The van der Waals surface area contributed by atoms with Crippen molar-refractivity contribution in [1.82, 2.24) is 4.90 Å². The molecule has 0 radical (unpaired) electrons. The lowest BCUT2D eigenvalue weighted by Crippen LogP contribution is -2.30. The molecule has 0 bridgehead atoms. The normalized spacial score (nSPS) is 17.8. The first-order valence-electron chi connectivity index (χ1n) is 14.1. The predicted octanol–water partition coefficient (Wildman–Crippen LogP) is 6.34. The number of allylic oxidation sites excluding steroid dienone is 1. The zero-order valence-electron chi connectivity index (χ0n) is 24.3. The first kappa shape index (κ1) is 30.6. The van der Waals surface area contributed by atoms with E-state index < -0.39 is 5.60 Å². The molecule has 212 valence electrons. The molecule has 0 spiro atoms. The number of likely N-dealkylation sites (N-methyl/N-ethyl adjacent to an activating group) is 1. The molecule has 1 amide bonds. The van der Waals surface area contributed by atoms with Gasteiger partial charge in [0.2, 0.25) is 5.91 Å². The van der Waals surface area contributed by atoms with Gasteiger partial charge in [0.1, 0.15) is 5.60 Å². The lowest BCUT2D eigenvalue weighted by atomic mass is 9.86. The van der Waals surface area contributed by atoms with Gasteiger partial charge in [0.05, 0.1) is 32.8 Å². The smallest absolute Gasteiger partial charge is 0.306 e. The van der Waals surface area contributed by atoms with E-state index in [0.29, 0.717) is 52.4 Å². The predicted molar refractivity (Wildman–Crippen MR) is 154 cm³/mol. The minimum Gasteiger partial charge on any atom is -0.460 e. The Morgan fingerprint density at radius 3 is 1.87 bits per heavy atom. The van der Waals surface area contributed by atoms with Gasteiger partial charge in [0, 0.05) is 24.6 Å². The summed E-state index contributed by atoms with van der Waals surface area (Å²) in [5, 5.41) is 0. The topological polar surface area (TPSA) is 65.1 Å². The summed E-state index contributed by atoms with van der Waals surface area (Å²) in [6.07, 6.45) is 3.30. The number of nitrogens with zero attached hydrogens (tertiary/aromatic N) is 1. The fraction of sp³-hybridized carbons (Fsp3) is 0.515. The molecule has 6 nitrogen and oxygen atoms in total. The highest BCUT2D eigenvalue weighted by atomic mass is 16.6. The molecule has 1 aliphatic rings. The molecule has 2 aromatic rings. The van der Waals surface area contributed by atoms with Crippen LogP contribution in [-0.4, -0.2) is 48.7 Å². The molecule has 1 fully saturated rings. The number of ether oxygens (including phenoxy) is 3. The Kier molecular flexibility index (Phi) is 11.3. The van der Waals surface area contributed by atoms with Crippen molar-refractivity contribution in [2.24, 2.45) is 11.3 Å². The molecule has 1 saturated carbocycles. The van der Waals surface area contributed by atoms with Gasteiger partial charge in [0.15, 0.2) is 0 Å². The van der Waals surface area contributed by atoms with Gasteiger partial charge in [0.25, 0.3) is 0 Å². The van der Waals surface area contributed by atoms with E-state index in [1.165, 1.54) is 0 Å². The Balaban J connectivity index is 1.83. The largest absolute Gasteiger partial charge is 0.460 e. The summed E-state index contributed by atoms with van der Waals surface area (Å²) in [7, 11) is 0. The summed E-state index contributed by atoms with van der Waals surface area (Å²) in [4.78, 5) is 27.8. The van der Waals surface area contributed by atoms with Crippen molar-refractivity contribution in [3.63, 3.8) is 0 Å². The maximum absolute atomic E-state index is 13.1. The molecule has 1 aliphatic carbocycles. The standard InChI is InChI=1S/C33H45NO5/c1-6-34(7-2)30(35)18-28-20-33(24-37-22-26-14-10-8-11-15-26,25-38-23-27-16-12-9-13-17-27)21-29(28)19-31(36)39-32(3,4)5/h8-18,29H,6-7,19-25H2,1-5H3/b28-18+. The van der Waals surface area contributed by atoms with Crippen molar-refractivity contribution in [2.45, 2.75) is 72.7 Å². The number of amides is 1. The van der Waals surface area contributed by atoms with Crippen molar-refractivity contribution < 1.29 is 23.8 Å². The molecule has 0 N–H and O–H groups in total. The maximum atomic E-state index is 13.1. The Morgan fingerprint density at radius 2 is 1.41 bits per heavy atom. The molecule has 1 atom stereocenters. The second kappa shape index (κ2) is 14.4. The zero-order valence-corrected chi connectivity index (χ0v) is 24.3. The molecular formula is C33H45NO5. The van der Waals surface area contributed by atoms with Crippen LogP contribution in [0.25, 0.3) is 0 Å². The van der Waals surface area contributed by atoms with E-state index in [4.69, 9.17) is 14.2 Å². The average molecular weight is 536 g/mol. The Morgan fingerprint density at radius 1 is 0.897 bits per heavy atom. The van der Waals surface area contributed by atoms with Crippen LogP contribution < -0.4 is 0 Å². The van der Waals surface area contributed by atoms with Gasteiger partial charge in [-0.25, -0.2) is 0 Å². The highest BCUT2D eigenvalue weighted by Gasteiger charge is 2.44. The Hall–Kier alpha value is -2.96.